The minimum atomic E-state index is 0.582. The number of fused-ring (bicyclic) bond motifs is 1. The lowest BCUT2D eigenvalue weighted by Gasteiger charge is -2.26. The van der Waals surface area contributed by atoms with Crippen molar-refractivity contribution in [3.8, 4) is 0 Å². The van der Waals surface area contributed by atoms with Gasteiger partial charge in [-0.25, -0.2) is 4.98 Å². The van der Waals surface area contributed by atoms with Crippen molar-refractivity contribution in [1.82, 2.24) is 9.55 Å². The van der Waals surface area contributed by atoms with Gasteiger partial charge in [0.2, 0.25) is 0 Å². The van der Waals surface area contributed by atoms with E-state index in [2.05, 4.69) is 51.9 Å². The van der Waals surface area contributed by atoms with E-state index in [1.807, 2.05) is 19.4 Å². The van der Waals surface area contributed by atoms with Crippen LogP contribution in [0.25, 0.3) is 0 Å². The first kappa shape index (κ1) is 13.0. The number of imidazole rings is 1. The number of hydrogen-bond donors (Lipinski definition) is 1. The maximum atomic E-state index is 4.39. The molecule has 2 aromatic rings. The summed E-state index contributed by atoms with van der Waals surface area (Å²) in [6.45, 7) is 3.07. The minimum absolute atomic E-state index is 0.582. The summed E-state index contributed by atoms with van der Waals surface area (Å²) >= 11 is 0. The van der Waals surface area contributed by atoms with E-state index >= 15 is 0 Å². The Bertz CT molecular complexity index is 602. The van der Waals surface area contributed by atoms with Gasteiger partial charge in [0.15, 0.2) is 0 Å². The van der Waals surface area contributed by atoms with Crippen molar-refractivity contribution >= 4 is 11.4 Å². The highest BCUT2D eigenvalue weighted by molar-refractivity contribution is 5.62. The summed E-state index contributed by atoms with van der Waals surface area (Å²) in [5, 5.41) is 3.55. The quantitative estimate of drug-likeness (QED) is 0.931. The highest BCUT2D eigenvalue weighted by Gasteiger charge is 2.15. The number of hydrogen-bond acceptors (Lipinski definition) is 3. The molecule has 0 radical (unpaired) electrons. The Morgan fingerprint density at radius 1 is 1.45 bits per heavy atom. The first-order valence-electron chi connectivity index (χ1n) is 7.20. The number of nitrogens with zero attached hydrogens (tertiary/aromatic N) is 3. The van der Waals surface area contributed by atoms with Crippen LogP contribution < -0.4 is 10.2 Å². The van der Waals surface area contributed by atoms with Crippen molar-refractivity contribution in [2.24, 2.45) is 7.05 Å². The molecule has 4 nitrogen and oxygen atoms in total. The molecule has 1 aromatic carbocycles. The van der Waals surface area contributed by atoms with Crippen molar-refractivity contribution in [3.05, 3.63) is 42.0 Å². The predicted molar refractivity (Wildman–Crippen MR) is 83.2 cm³/mol. The van der Waals surface area contributed by atoms with E-state index in [1.165, 1.54) is 23.4 Å². The van der Waals surface area contributed by atoms with Crippen LogP contribution in [0.1, 0.15) is 24.7 Å². The third-order valence-corrected chi connectivity index (χ3v) is 4.08. The lowest BCUT2D eigenvalue weighted by atomic mass is 9.98. The van der Waals surface area contributed by atoms with Crippen molar-refractivity contribution in [1.29, 1.82) is 0 Å². The summed E-state index contributed by atoms with van der Waals surface area (Å²) in [5.74, 6) is 1.08. The van der Waals surface area contributed by atoms with Crippen molar-refractivity contribution in [2.45, 2.75) is 32.4 Å². The fourth-order valence-corrected chi connectivity index (χ4v) is 2.73. The van der Waals surface area contributed by atoms with E-state index < -0.39 is 0 Å². The van der Waals surface area contributed by atoms with E-state index in [0.717, 1.165) is 18.8 Å². The molecule has 4 heteroatoms. The normalized spacial score (nSPS) is 17.4. The smallest absolute Gasteiger partial charge is 0.127 e. The molecule has 1 N–H and O–H groups in total. The monoisotopic (exact) mass is 270 g/mol. The SMILES string of the molecule is CC1CCc2cc(N(C)Cc3nccn3C)ccc2N1. The number of anilines is 2. The molecule has 106 valence electrons. The summed E-state index contributed by atoms with van der Waals surface area (Å²) in [7, 11) is 4.16. The molecule has 2 heterocycles. The summed E-state index contributed by atoms with van der Waals surface area (Å²) in [5.41, 5.74) is 3.97. The Balaban J connectivity index is 1.79. The number of benzene rings is 1. The lowest BCUT2D eigenvalue weighted by molar-refractivity contribution is 0.680. The predicted octanol–water partition coefficient (Wildman–Crippen LogP) is 2.80. The van der Waals surface area contributed by atoms with E-state index in [1.54, 1.807) is 0 Å². The van der Waals surface area contributed by atoms with Crippen LogP contribution in [0.2, 0.25) is 0 Å². The Morgan fingerprint density at radius 3 is 3.05 bits per heavy atom. The number of nitrogens with one attached hydrogen (secondary N) is 1. The highest BCUT2D eigenvalue weighted by Crippen LogP contribution is 2.29. The Hall–Kier alpha value is -1.97. The van der Waals surface area contributed by atoms with Crippen LogP contribution in [0, 0.1) is 0 Å². The van der Waals surface area contributed by atoms with E-state index in [9.17, 15) is 0 Å². The molecule has 20 heavy (non-hydrogen) atoms. The molecule has 0 fully saturated rings. The molecule has 0 saturated carbocycles. The molecule has 3 rings (SSSR count). The Labute approximate surface area is 120 Å². The zero-order valence-electron chi connectivity index (χ0n) is 12.4. The summed E-state index contributed by atoms with van der Waals surface area (Å²) < 4.78 is 2.07. The number of aryl methyl sites for hydroxylation is 2. The maximum Gasteiger partial charge on any atom is 0.127 e. The molecular formula is C16H22N4. The summed E-state index contributed by atoms with van der Waals surface area (Å²) in [4.78, 5) is 6.64. The third kappa shape index (κ3) is 2.50. The van der Waals surface area contributed by atoms with Gasteiger partial charge in [-0.05, 0) is 43.5 Å². The molecule has 0 saturated heterocycles. The Kier molecular flexibility index (Phi) is 3.38. The number of aromatic nitrogens is 2. The first-order valence-corrected chi connectivity index (χ1v) is 7.20. The average Bonchev–Trinajstić information content (AvgIpc) is 2.83. The zero-order valence-corrected chi connectivity index (χ0v) is 12.4. The van der Waals surface area contributed by atoms with Crippen molar-refractivity contribution < 1.29 is 0 Å². The van der Waals surface area contributed by atoms with Crippen LogP contribution in [-0.4, -0.2) is 22.6 Å². The molecule has 1 unspecified atom stereocenters. The second-order valence-electron chi connectivity index (χ2n) is 5.74. The van der Waals surface area contributed by atoms with Crippen LogP contribution in [0.4, 0.5) is 11.4 Å². The molecule has 1 aliphatic rings. The van der Waals surface area contributed by atoms with Gasteiger partial charge in [-0.1, -0.05) is 0 Å². The van der Waals surface area contributed by atoms with E-state index in [-0.39, 0.29) is 0 Å². The third-order valence-electron chi connectivity index (χ3n) is 4.08. The average molecular weight is 270 g/mol. The van der Waals surface area contributed by atoms with Gasteiger partial charge in [-0.15, -0.1) is 0 Å². The standard InChI is InChI=1S/C16H22N4/c1-12-4-5-13-10-14(6-7-15(13)18-12)20(3)11-16-17-8-9-19(16)2/h6-10,12,18H,4-5,11H2,1-3H3. The van der Waals surface area contributed by atoms with Gasteiger partial charge in [-0.3, -0.25) is 0 Å². The van der Waals surface area contributed by atoms with Crippen molar-refractivity contribution in [2.75, 3.05) is 17.3 Å². The topological polar surface area (TPSA) is 33.1 Å². The zero-order chi connectivity index (χ0) is 14.1. The van der Waals surface area contributed by atoms with Crippen LogP contribution in [-0.2, 0) is 20.0 Å². The van der Waals surface area contributed by atoms with Crippen LogP contribution >= 0.6 is 0 Å². The fourth-order valence-electron chi connectivity index (χ4n) is 2.73. The molecule has 0 bridgehead atoms. The van der Waals surface area contributed by atoms with Gasteiger partial charge < -0.3 is 14.8 Å². The van der Waals surface area contributed by atoms with Gasteiger partial charge in [0.1, 0.15) is 5.82 Å². The second kappa shape index (κ2) is 5.19. The lowest BCUT2D eigenvalue weighted by Crippen LogP contribution is -2.23. The molecule has 0 aliphatic carbocycles. The maximum absolute atomic E-state index is 4.39. The molecule has 1 aliphatic heterocycles. The second-order valence-corrected chi connectivity index (χ2v) is 5.74. The summed E-state index contributed by atoms with van der Waals surface area (Å²) in [6.07, 6.45) is 6.20. The van der Waals surface area contributed by atoms with Crippen molar-refractivity contribution in [3.63, 3.8) is 0 Å². The van der Waals surface area contributed by atoms with E-state index in [4.69, 9.17) is 0 Å². The molecule has 1 aromatic heterocycles. The minimum Gasteiger partial charge on any atom is -0.382 e. The van der Waals surface area contributed by atoms with Crippen LogP contribution in [0.15, 0.2) is 30.6 Å². The molecular weight excluding hydrogens is 248 g/mol. The first-order chi connectivity index (χ1) is 9.63. The molecule has 1 atom stereocenters. The fraction of sp³-hybridized carbons (Fsp3) is 0.438. The summed E-state index contributed by atoms with van der Waals surface area (Å²) in [6, 6.07) is 7.28. The van der Waals surface area contributed by atoms with Gasteiger partial charge in [0, 0.05) is 43.9 Å². The number of rotatable bonds is 3. The molecule has 0 spiro atoms. The van der Waals surface area contributed by atoms with Gasteiger partial charge >= 0.3 is 0 Å². The van der Waals surface area contributed by atoms with Crippen LogP contribution in [0.5, 0.6) is 0 Å². The Morgan fingerprint density at radius 2 is 2.30 bits per heavy atom. The molecule has 0 amide bonds. The largest absolute Gasteiger partial charge is 0.382 e. The van der Waals surface area contributed by atoms with Gasteiger partial charge in [0.05, 0.1) is 6.54 Å². The van der Waals surface area contributed by atoms with Gasteiger partial charge in [0.25, 0.3) is 0 Å². The highest BCUT2D eigenvalue weighted by atomic mass is 15.2. The van der Waals surface area contributed by atoms with Crippen LogP contribution in [0.3, 0.4) is 0 Å². The van der Waals surface area contributed by atoms with Gasteiger partial charge in [-0.2, -0.15) is 0 Å². The van der Waals surface area contributed by atoms with E-state index in [0.29, 0.717) is 6.04 Å².